The topological polar surface area (TPSA) is 103 Å². The summed E-state index contributed by atoms with van der Waals surface area (Å²) in [6, 6.07) is 12.3. The molecule has 6 nitrogen and oxygen atoms in total. The minimum Gasteiger partial charge on any atom is -0.497 e. The third kappa shape index (κ3) is 3.88. The van der Waals surface area contributed by atoms with Crippen LogP contribution in [0.1, 0.15) is 73.4 Å². The van der Waals surface area contributed by atoms with Gasteiger partial charge in [0.1, 0.15) is 22.6 Å². The summed E-state index contributed by atoms with van der Waals surface area (Å²) in [5.74, 6) is 0.509. The van der Waals surface area contributed by atoms with E-state index in [4.69, 9.17) is 10.5 Å². The molecule has 0 fully saturated rings. The minimum absolute atomic E-state index is 0.0314. The summed E-state index contributed by atoms with van der Waals surface area (Å²) in [6.07, 6.45) is 6.18. The van der Waals surface area contributed by atoms with E-state index in [0.717, 1.165) is 53.9 Å². The fourth-order valence-electron chi connectivity index (χ4n) is 5.87. The lowest BCUT2D eigenvalue weighted by Gasteiger charge is -2.43. The molecule has 1 aromatic heterocycles. The number of allylic oxidation sites excluding steroid dienone is 3. The molecule has 36 heavy (non-hydrogen) atoms. The molecule has 0 radical (unpaired) electrons. The first-order valence-corrected chi connectivity index (χ1v) is 13.3. The molecule has 5 rings (SSSR count). The van der Waals surface area contributed by atoms with Crippen LogP contribution < -0.4 is 15.4 Å². The van der Waals surface area contributed by atoms with E-state index in [2.05, 4.69) is 26.0 Å². The number of Topliss-reactive ketones (excluding diaryl/α,β-unsaturated/α-hetero) is 1. The molecule has 1 aliphatic heterocycles. The van der Waals surface area contributed by atoms with Gasteiger partial charge in [-0.2, -0.15) is 10.5 Å². The number of rotatable bonds is 3. The number of fused-ring (bicyclic) bond motifs is 1. The lowest BCUT2D eigenvalue weighted by Crippen LogP contribution is -2.42. The van der Waals surface area contributed by atoms with Crippen molar-refractivity contribution in [2.24, 2.45) is 11.1 Å². The van der Waals surface area contributed by atoms with Crippen molar-refractivity contribution >= 4 is 22.1 Å². The fourth-order valence-corrected chi connectivity index (χ4v) is 7.25. The second-order valence-electron chi connectivity index (χ2n) is 10.6. The monoisotopic (exact) mass is 498 g/mol. The van der Waals surface area contributed by atoms with Crippen molar-refractivity contribution in [3.63, 3.8) is 0 Å². The molecule has 0 bridgehead atoms. The number of hydrogen-bond donors (Lipinski definition) is 1. The van der Waals surface area contributed by atoms with Crippen LogP contribution in [-0.2, 0) is 17.6 Å². The average molecular weight is 499 g/mol. The van der Waals surface area contributed by atoms with E-state index in [-0.39, 0.29) is 11.2 Å². The second-order valence-corrected chi connectivity index (χ2v) is 11.7. The first-order valence-electron chi connectivity index (χ1n) is 12.4. The molecule has 2 aliphatic carbocycles. The van der Waals surface area contributed by atoms with Gasteiger partial charge in [-0.3, -0.25) is 9.69 Å². The highest BCUT2D eigenvalue weighted by Gasteiger charge is 2.45. The van der Waals surface area contributed by atoms with Crippen molar-refractivity contribution in [2.45, 2.75) is 64.7 Å². The number of ether oxygens (including phenoxy) is 1. The largest absolute Gasteiger partial charge is 0.497 e. The van der Waals surface area contributed by atoms with Crippen molar-refractivity contribution < 1.29 is 9.53 Å². The van der Waals surface area contributed by atoms with E-state index >= 15 is 0 Å². The first-order chi connectivity index (χ1) is 17.3. The molecule has 3 aliphatic rings. The van der Waals surface area contributed by atoms with Gasteiger partial charge in [0.2, 0.25) is 0 Å². The van der Waals surface area contributed by atoms with Crippen molar-refractivity contribution in [3.8, 4) is 17.9 Å². The predicted octanol–water partition coefficient (Wildman–Crippen LogP) is 5.84. The molecule has 7 heteroatoms. The van der Waals surface area contributed by atoms with Crippen molar-refractivity contribution in [2.75, 3.05) is 12.0 Å². The van der Waals surface area contributed by atoms with Gasteiger partial charge in [0, 0.05) is 22.6 Å². The zero-order valence-electron chi connectivity index (χ0n) is 21.0. The van der Waals surface area contributed by atoms with Gasteiger partial charge in [-0.25, -0.2) is 0 Å². The Hall–Kier alpha value is -3.55. The van der Waals surface area contributed by atoms with Crippen molar-refractivity contribution in [1.29, 1.82) is 10.5 Å². The molecule has 1 atom stereocenters. The van der Waals surface area contributed by atoms with Crippen molar-refractivity contribution in [3.05, 3.63) is 68.5 Å². The van der Waals surface area contributed by atoms with Gasteiger partial charge >= 0.3 is 0 Å². The third-order valence-corrected chi connectivity index (χ3v) is 8.82. The Balaban J connectivity index is 1.76. The summed E-state index contributed by atoms with van der Waals surface area (Å²) in [6.45, 7) is 4.17. The van der Waals surface area contributed by atoms with Crippen LogP contribution in [0.4, 0.5) is 5.00 Å². The van der Waals surface area contributed by atoms with Crippen LogP contribution in [-0.4, -0.2) is 12.9 Å². The molecule has 0 spiro atoms. The molecule has 2 heterocycles. The Morgan fingerprint density at radius 1 is 1.08 bits per heavy atom. The quantitative estimate of drug-likeness (QED) is 0.534. The first kappa shape index (κ1) is 24.2. The number of benzene rings is 1. The van der Waals surface area contributed by atoms with Crippen LogP contribution in [0.25, 0.3) is 0 Å². The Morgan fingerprint density at radius 3 is 2.47 bits per heavy atom. The summed E-state index contributed by atoms with van der Waals surface area (Å²) in [4.78, 5) is 16.9. The number of nitrogens with two attached hydrogens (primary N) is 1. The van der Waals surface area contributed by atoms with E-state index in [1.807, 2.05) is 29.2 Å². The Kier molecular flexibility index (Phi) is 6.14. The molecule has 2 aromatic rings. The van der Waals surface area contributed by atoms with E-state index in [1.165, 1.54) is 4.88 Å². The average Bonchev–Trinajstić information content (AvgIpc) is 3.02. The fraction of sp³-hybridized carbons (Fsp3) is 0.414. The van der Waals surface area contributed by atoms with Crippen LogP contribution in [0.3, 0.4) is 0 Å². The molecule has 1 aromatic carbocycles. The number of carbonyl (C=O) groups excluding carboxylic acids is 1. The Labute approximate surface area is 216 Å². The van der Waals surface area contributed by atoms with Gasteiger partial charge in [-0.05, 0) is 60.8 Å². The van der Waals surface area contributed by atoms with Crippen LogP contribution in [0.2, 0.25) is 0 Å². The van der Waals surface area contributed by atoms with Crippen molar-refractivity contribution in [1.82, 2.24) is 0 Å². The zero-order chi connectivity index (χ0) is 25.6. The highest BCUT2D eigenvalue weighted by atomic mass is 32.1. The number of hydrogen-bond acceptors (Lipinski definition) is 7. The van der Waals surface area contributed by atoms with Gasteiger partial charge in [0.25, 0.3) is 0 Å². The number of carbonyl (C=O) groups is 1. The number of methoxy groups -OCH3 is 1. The SMILES string of the molecule is COc1ccc(C2C(C#N)=C(N)N(c3sc4c(c3C#N)CCCCC4)C3=C2C(=O)CC(C)(C)C3)cc1. The standard InChI is InChI=1S/C29H30N4O2S/c1-29(2)13-22-26(23(34)14-29)25(17-9-11-18(35-3)12-10-17)21(16-31)27(32)33(22)28-20(15-30)19-7-5-4-6-8-24(19)36-28/h9-12,25H,4-8,13-14,32H2,1-3H3. The molecule has 184 valence electrons. The zero-order valence-corrected chi connectivity index (χ0v) is 21.8. The van der Waals surface area contributed by atoms with Crippen LogP contribution in [0.5, 0.6) is 5.75 Å². The maximum absolute atomic E-state index is 13.7. The van der Waals surface area contributed by atoms with E-state index in [9.17, 15) is 15.3 Å². The smallest absolute Gasteiger partial charge is 0.162 e. The third-order valence-electron chi connectivity index (χ3n) is 7.55. The summed E-state index contributed by atoms with van der Waals surface area (Å²) in [5, 5.41) is 21.3. The number of thiophene rings is 1. The number of aryl methyl sites for hydroxylation is 1. The van der Waals surface area contributed by atoms with E-state index < -0.39 is 5.92 Å². The molecular weight excluding hydrogens is 468 g/mol. The molecule has 0 amide bonds. The van der Waals surface area contributed by atoms with Gasteiger partial charge < -0.3 is 10.5 Å². The maximum Gasteiger partial charge on any atom is 0.162 e. The molecule has 2 N–H and O–H groups in total. The summed E-state index contributed by atoms with van der Waals surface area (Å²) >= 11 is 1.60. The molecule has 0 saturated carbocycles. The normalized spacial score (nSPS) is 21.3. The summed E-state index contributed by atoms with van der Waals surface area (Å²) in [7, 11) is 1.61. The van der Waals surface area contributed by atoms with Crippen LogP contribution in [0, 0.1) is 28.1 Å². The summed E-state index contributed by atoms with van der Waals surface area (Å²) < 4.78 is 5.32. The number of nitrogens with zero attached hydrogens (tertiary/aromatic N) is 3. The number of nitriles is 2. The van der Waals surface area contributed by atoms with E-state index in [1.54, 1.807) is 18.4 Å². The van der Waals surface area contributed by atoms with Gasteiger partial charge in [-0.15, -0.1) is 11.3 Å². The van der Waals surface area contributed by atoms with Crippen LogP contribution in [0.15, 0.2) is 46.9 Å². The van der Waals surface area contributed by atoms with Gasteiger partial charge in [-0.1, -0.05) is 32.4 Å². The minimum atomic E-state index is -0.543. The highest BCUT2D eigenvalue weighted by molar-refractivity contribution is 7.16. The Morgan fingerprint density at radius 2 is 1.81 bits per heavy atom. The maximum atomic E-state index is 13.7. The summed E-state index contributed by atoms with van der Waals surface area (Å²) in [5.41, 5.74) is 10.9. The lowest BCUT2D eigenvalue weighted by atomic mass is 9.68. The van der Waals surface area contributed by atoms with Crippen LogP contribution >= 0.6 is 11.3 Å². The Bertz CT molecular complexity index is 1380. The number of anilines is 1. The number of ketones is 1. The second kappa shape index (κ2) is 9.15. The molecular formula is C29H30N4O2S. The molecule has 0 saturated heterocycles. The van der Waals surface area contributed by atoms with E-state index in [0.29, 0.717) is 41.1 Å². The lowest BCUT2D eigenvalue weighted by molar-refractivity contribution is -0.118. The predicted molar refractivity (Wildman–Crippen MR) is 140 cm³/mol. The molecule has 1 unspecified atom stereocenters. The highest BCUT2D eigenvalue weighted by Crippen LogP contribution is 2.52. The van der Waals surface area contributed by atoms with Gasteiger partial charge in [0.05, 0.1) is 30.2 Å². The van der Waals surface area contributed by atoms with Gasteiger partial charge in [0.15, 0.2) is 5.78 Å².